The normalized spacial score (nSPS) is 14.7. The van der Waals surface area contributed by atoms with Crippen LogP contribution < -0.4 is 16.1 Å². The number of nitrogens with two attached hydrogens (primary N) is 1. The smallest absolute Gasteiger partial charge is 0.332 e. The van der Waals surface area contributed by atoms with Crippen LogP contribution >= 0.6 is 0 Å². The largest absolute Gasteiger partial charge is 0.455 e. The summed E-state index contributed by atoms with van der Waals surface area (Å²) in [7, 11) is 0. The second kappa shape index (κ2) is 7.65. The molecular formula is C20H24N4O3. The van der Waals surface area contributed by atoms with E-state index >= 15 is 0 Å². The minimum absolute atomic E-state index is 0.183. The van der Waals surface area contributed by atoms with Gasteiger partial charge in [-0.25, -0.2) is 10.2 Å². The van der Waals surface area contributed by atoms with Gasteiger partial charge in [0.25, 0.3) is 5.91 Å². The van der Waals surface area contributed by atoms with E-state index in [1.165, 1.54) is 0 Å². The van der Waals surface area contributed by atoms with Crippen molar-refractivity contribution >= 4 is 23.3 Å². The van der Waals surface area contributed by atoms with Gasteiger partial charge in [0.1, 0.15) is 5.76 Å². The zero-order valence-corrected chi connectivity index (χ0v) is 15.8. The molecule has 7 heteroatoms. The molecule has 3 rings (SSSR count). The number of primary amides is 1. The third-order valence-corrected chi connectivity index (χ3v) is 4.70. The maximum atomic E-state index is 13.2. The van der Waals surface area contributed by atoms with E-state index < -0.39 is 6.03 Å². The Bertz CT molecular complexity index is 914. The van der Waals surface area contributed by atoms with Crippen LogP contribution in [0.4, 0.5) is 10.5 Å². The number of hydrogen-bond donors (Lipinski definition) is 2. The lowest BCUT2D eigenvalue weighted by Crippen LogP contribution is -2.31. The molecule has 3 N–H and O–H groups in total. The lowest BCUT2D eigenvalue weighted by Gasteiger charge is -2.20. The van der Waals surface area contributed by atoms with E-state index in [4.69, 9.17) is 10.2 Å². The van der Waals surface area contributed by atoms with Gasteiger partial charge in [0.15, 0.2) is 5.76 Å². The number of amides is 3. The zero-order chi connectivity index (χ0) is 19.6. The monoisotopic (exact) mass is 368 g/mol. The highest BCUT2D eigenvalue weighted by atomic mass is 16.4. The fraction of sp³-hybridized carbons (Fsp3) is 0.350. The minimum Gasteiger partial charge on any atom is -0.455 e. The molecule has 0 unspecified atom stereocenters. The molecule has 142 valence electrons. The summed E-state index contributed by atoms with van der Waals surface area (Å²) < 4.78 is 5.95. The third-order valence-electron chi connectivity index (χ3n) is 4.70. The number of furan rings is 1. The standard InChI is InChI=1S/C20H24N4O3/c1-4-24(14-8-5-7-12(2)11-14)19(25)18-13(3)17-15(22-23-20(21)26)9-6-10-16(17)27-18/h5,7-8,11H,4,6,9-10H2,1-3H3,(H3,21,23,26)/b22-15+. The second-order valence-electron chi connectivity index (χ2n) is 6.63. The molecule has 1 aliphatic carbocycles. The zero-order valence-electron chi connectivity index (χ0n) is 15.8. The molecule has 0 atom stereocenters. The highest BCUT2D eigenvalue weighted by Gasteiger charge is 2.30. The molecule has 0 bridgehead atoms. The molecule has 1 aromatic carbocycles. The van der Waals surface area contributed by atoms with Crippen molar-refractivity contribution in [1.29, 1.82) is 0 Å². The third kappa shape index (κ3) is 3.72. The van der Waals surface area contributed by atoms with Crippen LogP contribution in [0.2, 0.25) is 0 Å². The topological polar surface area (TPSA) is 101 Å². The number of hydrogen-bond acceptors (Lipinski definition) is 4. The van der Waals surface area contributed by atoms with Crippen molar-refractivity contribution in [3.8, 4) is 0 Å². The molecule has 3 amide bonds. The first-order valence-corrected chi connectivity index (χ1v) is 9.05. The van der Waals surface area contributed by atoms with Crippen LogP contribution in [0.15, 0.2) is 33.8 Å². The van der Waals surface area contributed by atoms with Gasteiger partial charge in [0.2, 0.25) is 0 Å². The van der Waals surface area contributed by atoms with E-state index in [1.807, 2.05) is 45.0 Å². The summed E-state index contributed by atoms with van der Waals surface area (Å²) in [5.41, 5.74) is 11.5. The molecule has 7 nitrogen and oxygen atoms in total. The Morgan fingerprint density at radius 2 is 2.07 bits per heavy atom. The van der Waals surface area contributed by atoms with Gasteiger partial charge in [0, 0.05) is 29.8 Å². The average Bonchev–Trinajstić information content (AvgIpc) is 2.98. The molecule has 1 aliphatic rings. The number of rotatable bonds is 4. The summed E-state index contributed by atoms with van der Waals surface area (Å²) in [6.45, 7) is 6.30. The number of carbonyl (C=O) groups excluding carboxylic acids is 2. The molecular weight excluding hydrogens is 344 g/mol. The number of aryl methyl sites for hydroxylation is 2. The Morgan fingerprint density at radius 3 is 2.74 bits per heavy atom. The predicted molar refractivity (Wildman–Crippen MR) is 104 cm³/mol. The highest BCUT2D eigenvalue weighted by molar-refractivity contribution is 6.10. The van der Waals surface area contributed by atoms with E-state index in [0.29, 0.717) is 24.4 Å². The molecule has 27 heavy (non-hydrogen) atoms. The van der Waals surface area contributed by atoms with Crippen molar-refractivity contribution in [2.24, 2.45) is 10.8 Å². The Labute approximate surface area is 158 Å². The maximum absolute atomic E-state index is 13.2. The van der Waals surface area contributed by atoms with Gasteiger partial charge < -0.3 is 15.1 Å². The van der Waals surface area contributed by atoms with Crippen LogP contribution in [-0.4, -0.2) is 24.2 Å². The maximum Gasteiger partial charge on any atom is 0.332 e. The van der Waals surface area contributed by atoms with Crippen molar-refractivity contribution in [2.45, 2.75) is 40.0 Å². The van der Waals surface area contributed by atoms with Gasteiger partial charge >= 0.3 is 6.03 Å². The van der Waals surface area contributed by atoms with Crippen molar-refractivity contribution in [2.75, 3.05) is 11.4 Å². The molecule has 2 aromatic rings. The molecule has 0 radical (unpaired) electrons. The molecule has 1 aromatic heterocycles. The van der Waals surface area contributed by atoms with Crippen molar-refractivity contribution in [3.63, 3.8) is 0 Å². The number of nitrogens with zero attached hydrogens (tertiary/aromatic N) is 2. The Hall–Kier alpha value is -3.09. The molecule has 0 saturated carbocycles. The van der Waals surface area contributed by atoms with Gasteiger partial charge in [-0.05, 0) is 51.3 Å². The number of benzene rings is 1. The van der Waals surface area contributed by atoms with E-state index in [9.17, 15) is 9.59 Å². The number of carbonyl (C=O) groups is 2. The first kappa shape index (κ1) is 18.7. The Morgan fingerprint density at radius 1 is 1.30 bits per heavy atom. The summed E-state index contributed by atoms with van der Waals surface area (Å²) in [6, 6.07) is 7.09. The van der Waals surface area contributed by atoms with Crippen LogP contribution in [0, 0.1) is 13.8 Å². The van der Waals surface area contributed by atoms with Crippen molar-refractivity contribution in [1.82, 2.24) is 5.43 Å². The SMILES string of the molecule is CCN(C(=O)c1oc2c(c1C)/C(=N/NC(N)=O)CCC2)c1cccc(C)c1. The Balaban J connectivity index is 1.99. The van der Waals surface area contributed by atoms with Gasteiger partial charge in [-0.3, -0.25) is 4.79 Å². The van der Waals surface area contributed by atoms with Crippen LogP contribution in [0.3, 0.4) is 0 Å². The van der Waals surface area contributed by atoms with E-state index in [0.717, 1.165) is 41.0 Å². The van der Waals surface area contributed by atoms with Crippen LogP contribution in [0.1, 0.15) is 52.8 Å². The van der Waals surface area contributed by atoms with Gasteiger partial charge in [-0.1, -0.05) is 12.1 Å². The number of urea groups is 1. The summed E-state index contributed by atoms with van der Waals surface area (Å²) >= 11 is 0. The summed E-state index contributed by atoms with van der Waals surface area (Å²) in [5, 5.41) is 4.10. The number of nitrogens with one attached hydrogen (secondary N) is 1. The van der Waals surface area contributed by atoms with E-state index in [2.05, 4.69) is 10.5 Å². The number of anilines is 1. The van der Waals surface area contributed by atoms with Gasteiger partial charge in [-0.2, -0.15) is 5.10 Å². The van der Waals surface area contributed by atoms with Gasteiger partial charge in [0.05, 0.1) is 5.71 Å². The number of hydrazone groups is 1. The van der Waals surface area contributed by atoms with Crippen molar-refractivity contribution in [3.05, 3.63) is 52.5 Å². The second-order valence-corrected chi connectivity index (χ2v) is 6.63. The van der Waals surface area contributed by atoms with Gasteiger partial charge in [-0.15, -0.1) is 0 Å². The van der Waals surface area contributed by atoms with E-state index in [-0.39, 0.29) is 5.91 Å². The van der Waals surface area contributed by atoms with Crippen LogP contribution in [-0.2, 0) is 6.42 Å². The predicted octanol–water partition coefficient (Wildman–Crippen LogP) is 3.27. The summed E-state index contributed by atoms with van der Waals surface area (Å²) in [6.07, 6.45) is 2.26. The first-order valence-electron chi connectivity index (χ1n) is 9.05. The summed E-state index contributed by atoms with van der Waals surface area (Å²) in [5.74, 6) is 0.863. The van der Waals surface area contributed by atoms with Crippen LogP contribution in [0.5, 0.6) is 0 Å². The molecule has 1 heterocycles. The lowest BCUT2D eigenvalue weighted by atomic mass is 9.93. The van der Waals surface area contributed by atoms with E-state index in [1.54, 1.807) is 4.90 Å². The lowest BCUT2D eigenvalue weighted by molar-refractivity contribution is 0.0959. The molecule has 0 fully saturated rings. The molecule has 0 spiro atoms. The highest BCUT2D eigenvalue weighted by Crippen LogP contribution is 2.31. The first-order chi connectivity index (χ1) is 12.9. The fourth-order valence-corrected chi connectivity index (χ4v) is 3.47. The molecule has 0 saturated heterocycles. The fourth-order valence-electron chi connectivity index (χ4n) is 3.47. The molecule has 0 aliphatic heterocycles. The summed E-state index contributed by atoms with van der Waals surface area (Å²) in [4.78, 5) is 25.9. The van der Waals surface area contributed by atoms with Crippen LogP contribution in [0.25, 0.3) is 0 Å². The Kier molecular flexibility index (Phi) is 5.30. The number of fused-ring (bicyclic) bond motifs is 1. The quantitative estimate of drug-likeness (QED) is 0.810. The minimum atomic E-state index is -0.719. The van der Waals surface area contributed by atoms with Crippen molar-refractivity contribution < 1.29 is 14.0 Å². The average molecular weight is 368 g/mol.